The van der Waals surface area contributed by atoms with Gasteiger partial charge in [-0.1, -0.05) is 12.2 Å². The van der Waals surface area contributed by atoms with Gasteiger partial charge in [-0.25, -0.2) is 4.79 Å². The number of aliphatic carboxylic acids is 1. The van der Waals surface area contributed by atoms with E-state index in [1.165, 1.54) is 6.20 Å². The Bertz CT molecular complexity index is 187. The number of carboxylic acid groups (broad SMARTS) is 1. The Kier molecular flexibility index (Phi) is 5.43. The van der Waals surface area contributed by atoms with Crippen LogP contribution in [0.25, 0.3) is 0 Å². The number of hydrogen-bond donors (Lipinski definition) is 1. The van der Waals surface area contributed by atoms with E-state index in [4.69, 9.17) is 5.11 Å². The van der Waals surface area contributed by atoms with Gasteiger partial charge >= 0.3 is 5.97 Å². The quantitative estimate of drug-likeness (QED) is 0.478. The van der Waals surface area contributed by atoms with Gasteiger partial charge in [0.05, 0.1) is 0 Å². The highest BCUT2D eigenvalue weighted by atomic mass is 16.4. The van der Waals surface area contributed by atoms with Crippen LogP contribution in [0, 0.1) is 0 Å². The number of rotatable bonds is 6. The van der Waals surface area contributed by atoms with Gasteiger partial charge in [-0.15, -0.1) is 13.2 Å². The molecule has 0 aromatic carbocycles. The van der Waals surface area contributed by atoms with Gasteiger partial charge in [0.25, 0.3) is 0 Å². The molecular formula is C9H13NO2. The largest absolute Gasteiger partial charge is 0.478 e. The molecule has 0 fully saturated rings. The first kappa shape index (κ1) is 10.5. The van der Waals surface area contributed by atoms with Crippen molar-refractivity contribution in [2.75, 3.05) is 13.1 Å². The highest BCUT2D eigenvalue weighted by Crippen LogP contribution is 1.90. The number of hydrogen-bond acceptors (Lipinski definition) is 2. The summed E-state index contributed by atoms with van der Waals surface area (Å²) >= 11 is 0. The molecule has 0 amide bonds. The highest BCUT2D eigenvalue weighted by Gasteiger charge is 1.93. The molecule has 1 N–H and O–H groups in total. The van der Waals surface area contributed by atoms with E-state index < -0.39 is 5.97 Å². The second-order valence-corrected chi connectivity index (χ2v) is 2.19. The predicted octanol–water partition coefficient (Wildman–Crippen LogP) is 1.26. The molecule has 0 radical (unpaired) electrons. The van der Waals surface area contributed by atoms with Gasteiger partial charge < -0.3 is 10.0 Å². The normalized spacial score (nSPS) is 9.67. The molecule has 12 heavy (non-hydrogen) atoms. The molecule has 0 saturated carbocycles. The van der Waals surface area contributed by atoms with Gasteiger partial charge in [0.2, 0.25) is 0 Å². The predicted molar refractivity (Wildman–Crippen MR) is 48.7 cm³/mol. The van der Waals surface area contributed by atoms with Crippen LogP contribution in [0.4, 0.5) is 0 Å². The summed E-state index contributed by atoms with van der Waals surface area (Å²) in [5.41, 5.74) is 0. The van der Waals surface area contributed by atoms with Crippen molar-refractivity contribution >= 4 is 5.97 Å². The van der Waals surface area contributed by atoms with E-state index in [2.05, 4.69) is 13.2 Å². The van der Waals surface area contributed by atoms with Crippen molar-refractivity contribution in [3.05, 3.63) is 37.6 Å². The topological polar surface area (TPSA) is 40.5 Å². The van der Waals surface area contributed by atoms with E-state index in [0.29, 0.717) is 13.1 Å². The summed E-state index contributed by atoms with van der Waals surface area (Å²) in [4.78, 5) is 11.9. The molecule has 0 spiro atoms. The Labute approximate surface area is 72.3 Å². The molecule has 3 nitrogen and oxygen atoms in total. The molecule has 0 heterocycles. The lowest BCUT2D eigenvalue weighted by Crippen LogP contribution is -2.17. The number of nitrogens with zero attached hydrogens (tertiary/aromatic N) is 1. The summed E-state index contributed by atoms with van der Waals surface area (Å²) in [7, 11) is 0. The summed E-state index contributed by atoms with van der Waals surface area (Å²) in [6.45, 7) is 8.35. The molecule has 0 aromatic rings. The van der Waals surface area contributed by atoms with E-state index >= 15 is 0 Å². The first-order valence-corrected chi connectivity index (χ1v) is 3.57. The van der Waals surface area contributed by atoms with Gasteiger partial charge in [0.15, 0.2) is 0 Å². The standard InChI is InChI=1S/C9H13NO2/c1-3-6-10(7-4-2)8-5-9(11)12/h3-5,8H,1-2,6-7H2,(H,11,12)/b8-5+. The average Bonchev–Trinajstić information content (AvgIpc) is 2.01. The van der Waals surface area contributed by atoms with Crippen LogP contribution >= 0.6 is 0 Å². The van der Waals surface area contributed by atoms with Crippen molar-refractivity contribution in [1.29, 1.82) is 0 Å². The highest BCUT2D eigenvalue weighted by molar-refractivity contribution is 5.79. The fraction of sp³-hybridized carbons (Fsp3) is 0.222. The van der Waals surface area contributed by atoms with Crippen molar-refractivity contribution < 1.29 is 9.90 Å². The van der Waals surface area contributed by atoms with E-state index in [1.807, 2.05) is 0 Å². The van der Waals surface area contributed by atoms with Crippen LogP contribution in [0.2, 0.25) is 0 Å². The second-order valence-electron chi connectivity index (χ2n) is 2.19. The Balaban J connectivity index is 4.00. The molecule has 0 saturated heterocycles. The molecule has 0 aliphatic rings. The van der Waals surface area contributed by atoms with Crippen LogP contribution in [-0.4, -0.2) is 29.1 Å². The Morgan fingerprint density at radius 2 is 1.83 bits per heavy atom. The third-order valence-corrected chi connectivity index (χ3v) is 1.16. The molecule has 0 aliphatic carbocycles. The second kappa shape index (κ2) is 6.22. The van der Waals surface area contributed by atoms with Crippen molar-refractivity contribution in [3.63, 3.8) is 0 Å². The van der Waals surface area contributed by atoms with E-state index in [1.54, 1.807) is 17.1 Å². The van der Waals surface area contributed by atoms with Gasteiger partial charge in [0.1, 0.15) is 0 Å². The van der Waals surface area contributed by atoms with E-state index in [9.17, 15) is 4.79 Å². The molecule has 0 aliphatic heterocycles. The molecule has 0 rings (SSSR count). The zero-order valence-corrected chi connectivity index (χ0v) is 6.94. The maximum atomic E-state index is 10.1. The number of carbonyl (C=O) groups is 1. The third kappa shape index (κ3) is 5.29. The first-order valence-electron chi connectivity index (χ1n) is 3.57. The van der Waals surface area contributed by atoms with Crippen LogP contribution in [0.5, 0.6) is 0 Å². The zero-order valence-electron chi connectivity index (χ0n) is 6.94. The van der Waals surface area contributed by atoms with E-state index in [0.717, 1.165) is 6.08 Å². The van der Waals surface area contributed by atoms with Gasteiger partial charge in [-0.05, 0) is 0 Å². The minimum absolute atomic E-state index is 0.621. The van der Waals surface area contributed by atoms with Crippen LogP contribution in [-0.2, 0) is 4.79 Å². The summed E-state index contributed by atoms with van der Waals surface area (Å²) in [5, 5.41) is 8.33. The van der Waals surface area contributed by atoms with Gasteiger partial charge in [-0.3, -0.25) is 0 Å². The van der Waals surface area contributed by atoms with Crippen molar-refractivity contribution in [1.82, 2.24) is 4.90 Å². The molecule has 0 bridgehead atoms. The molecule has 0 atom stereocenters. The van der Waals surface area contributed by atoms with Crippen molar-refractivity contribution in [2.24, 2.45) is 0 Å². The minimum atomic E-state index is -0.951. The Hall–Kier alpha value is -1.51. The molecular weight excluding hydrogens is 154 g/mol. The van der Waals surface area contributed by atoms with Crippen molar-refractivity contribution in [3.8, 4) is 0 Å². The van der Waals surface area contributed by atoms with Crippen LogP contribution in [0.3, 0.4) is 0 Å². The van der Waals surface area contributed by atoms with Crippen LogP contribution in [0.1, 0.15) is 0 Å². The smallest absolute Gasteiger partial charge is 0.329 e. The fourth-order valence-corrected chi connectivity index (χ4v) is 0.697. The summed E-state index contributed by atoms with van der Waals surface area (Å²) in [5.74, 6) is -0.951. The fourth-order valence-electron chi connectivity index (χ4n) is 0.697. The SMILES string of the molecule is C=CCN(/C=C/C(=O)O)CC=C. The summed E-state index contributed by atoms with van der Waals surface area (Å²) < 4.78 is 0. The lowest BCUT2D eigenvalue weighted by molar-refractivity contribution is -0.131. The monoisotopic (exact) mass is 167 g/mol. The van der Waals surface area contributed by atoms with Gasteiger partial charge in [-0.2, -0.15) is 0 Å². The zero-order chi connectivity index (χ0) is 9.40. The van der Waals surface area contributed by atoms with E-state index in [-0.39, 0.29) is 0 Å². The van der Waals surface area contributed by atoms with Crippen LogP contribution in [0.15, 0.2) is 37.6 Å². The maximum absolute atomic E-state index is 10.1. The van der Waals surface area contributed by atoms with Gasteiger partial charge in [0, 0.05) is 25.4 Å². The van der Waals surface area contributed by atoms with Crippen molar-refractivity contribution in [2.45, 2.75) is 0 Å². The Morgan fingerprint density at radius 1 is 1.33 bits per heavy atom. The number of carboxylic acids is 1. The lowest BCUT2D eigenvalue weighted by Gasteiger charge is -2.14. The first-order chi connectivity index (χ1) is 5.70. The lowest BCUT2D eigenvalue weighted by atomic mass is 10.4. The van der Waals surface area contributed by atoms with Crippen LogP contribution < -0.4 is 0 Å². The molecule has 3 heteroatoms. The Morgan fingerprint density at radius 3 is 2.17 bits per heavy atom. The average molecular weight is 167 g/mol. The molecule has 66 valence electrons. The maximum Gasteiger partial charge on any atom is 0.329 e. The summed E-state index contributed by atoms with van der Waals surface area (Å²) in [6.07, 6.45) is 6.00. The summed E-state index contributed by atoms with van der Waals surface area (Å²) in [6, 6.07) is 0. The minimum Gasteiger partial charge on any atom is -0.478 e. The third-order valence-electron chi connectivity index (χ3n) is 1.16. The molecule has 0 unspecified atom stereocenters. The molecule has 0 aromatic heterocycles.